The SMILES string of the molecule is CO[Si](OC)(OC)O[C@@H](c1ccccc1)[C@@H](Cl)c1ccccc1. The highest BCUT2D eigenvalue weighted by Crippen LogP contribution is 2.39. The van der Waals surface area contributed by atoms with Gasteiger partial charge in [0, 0.05) is 21.3 Å². The van der Waals surface area contributed by atoms with Crippen LogP contribution >= 0.6 is 11.6 Å². The lowest BCUT2D eigenvalue weighted by Crippen LogP contribution is -2.47. The van der Waals surface area contributed by atoms with Crippen molar-refractivity contribution in [2.24, 2.45) is 0 Å². The predicted molar refractivity (Wildman–Crippen MR) is 92.1 cm³/mol. The van der Waals surface area contributed by atoms with Crippen molar-refractivity contribution < 1.29 is 17.7 Å². The second-order valence-corrected chi connectivity index (χ2v) is 7.80. The largest absolute Gasteiger partial charge is 0.679 e. The van der Waals surface area contributed by atoms with E-state index in [0.29, 0.717) is 0 Å². The minimum absolute atomic E-state index is 0.411. The summed E-state index contributed by atoms with van der Waals surface area (Å²) in [6, 6.07) is 19.5. The monoisotopic (exact) mass is 352 g/mol. The van der Waals surface area contributed by atoms with E-state index in [1.807, 2.05) is 60.7 Å². The summed E-state index contributed by atoms with van der Waals surface area (Å²) in [6.07, 6.45) is -0.466. The maximum Gasteiger partial charge on any atom is 0.679 e. The molecular formula is C17H21ClO4Si. The second kappa shape index (κ2) is 8.59. The summed E-state index contributed by atoms with van der Waals surface area (Å²) >= 11 is 6.71. The van der Waals surface area contributed by atoms with Gasteiger partial charge in [-0.2, -0.15) is 0 Å². The van der Waals surface area contributed by atoms with Gasteiger partial charge in [-0.1, -0.05) is 60.7 Å². The van der Waals surface area contributed by atoms with E-state index < -0.39 is 20.5 Å². The third-order valence-corrected chi connectivity index (χ3v) is 6.06. The molecule has 0 heterocycles. The van der Waals surface area contributed by atoms with Gasteiger partial charge in [-0.15, -0.1) is 11.6 Å². The van der Waals surface area contributed by atoms with Gasteiger partial charge in [0.1, 0.15) is 0 Å². The van der Waals surface area contributed by atoms with Gasteiger partial charge in [0.15, 0.2) is 0 Å². The number of alkyl halides is 1. The fourth-order valence-corrected chi connectivity index (χ4v) is 4.10. The van der Waals surface area contributed by atoms with Crippen LogP contribution < -0.4 is 0 Å². The molecule has 0 aliphatic rings. The highest BCUT2D eigenvalue weighted by Gasteiger charge is 2.46. The molecule has 0 unspecified atom stereocenters. The second-order valence-electron chi connectivity index (χ2n) is 4.87. The quantitative estimate of drug-likeness (QED) is 0.529. The summed E-state index contributed by atoms with van der Waals surface area (Å²) in [5, 5.41) is -0.411. The van der Waals surface area contributed by atoms with Crippen LogP contribution in [0.15, 0.2) is 60.7 Å². The van der Waals surface area contributed by atoms with Gasteiger partial charge in [-0.3, -0.25) is 0 Å². The Morgan fingerprint density at radius 1 is 0.739 bits per heavy atom. The van der Waals surface area contributed by atoms with Crippen LogP contribution in [0.3, 0.4) is 0 Å². The molecule has 23 heavy (non-hydrogen) atoms. The number of benzene rings is 2. The molecule has 0 aliphatic carbocycles. The van der Waals surface area contributed by atoms with Crippen molar-refractivity contribution in [1.29, 1.82) is 0 Å². The zero-order valence-corrected chi connectivity index (χ0v) is 15.2. The van der Waals surface area contributed by atoms with Crippen LogP contribution in [-0.2, 0) is 17.7 Å². The number of hydrogen-bond donors (Lipinski definition) is 0. The Labute approximate surface area is 143 Å². The molecule has 0 saturated carbocycles. The first-order valence-corrected chi connectivity index (χ1v) is 9.30. The molecule has 0 amide bonds. The molecule has 124 valence electrons. The Morgan fingerprint density at radius 2 is 1.17 bits per heavy atom. The van der Waals surface area contributed by atoms with E-state index in [2.05, 4.69) is 0 Å². The lowest BCUT2D eigenvalue weighted by molar-refractivity contribution is -0.0245. The minimum atomic E-state index is -3.24. The number of hydrogen-bond acceptors (Lipinski definition) is 4. The van der Waals surface area contributed by atoms with Crippen molar-refractivity contribution in [3.05, 3.63) is 71.8 Å². The predicted octanol–water partition coefficient (Wildman–Crippen LogP) is 4.10. The zero-order valence-electron chi connectivity index (χ0n) is 13.4. The van der Waals surface area contributed by atoms with E-state index in [9.17, 15) is 0 Å². The Kier molecular flexibility index (Phi) is 6.77. The maximum atomic E-state index is 6.71. The van der Waals surface area contributed by atoms with Crippen LogP contribution in [0.2, 0.25) is 0 Å². The molecule has 2 atom stereocenters. The molecule has 0 N–H and O–H groups in total. The van der Waals surface area contributed by atoms with Crippen LogP contribution in [0.5, 0.6) is 0 Å². The summed E-state index contributed by atoms with van der Waals surface area (Å²) in [5.41, 5.74) is 1.88. The van der Waals surface area contributed by atoms with E-state index in [0.717, 1.165) is 11.1 Å². The Bertz CT molecular complexity index is 569. The Morgan fingerprint density at radius 3 is 1.61 bits per heavy atom. The van der Waals surface area contributed by atoms with E-state index in [1.54, 1.807) is 0 Å². The van der Waals surface area contributed by atoms with Crippen LogP contribution in [0.4, 0.5) is 0 Å². The summed E-state index contributed by atoms with van der Waals surface area (Å²) in [6.45, 7) is 0. The van der Waals surface area contributed by atoms with Crippen molar-refractivity contribution in [3.63, 3.8) is 0 Å². The molecule has 2 aromatic rings. The third-order valence-electron chi connectivity index (χ3n) is 3.53. The van der Waals surface area contributed by atoms with Gasteiger partial charge in [-0.05, 0) is 11.1 Å². The summed E-state index contributed by atoms with van der Waals surface area (Å²) in [7, 11) is 1.28. The van der Waals surface area contributed by atoms with Crippen LogP contribution in [0.1, 0.15) is 22.6 Å². The maximum absolute atomic E-state index is 6.71. The number of rotatable bonds is 8. The first-order valence-electron chi connectivity index (χ1n) is 7.23. The van der Waals surface area contributed by atoms with Crippen molar-refractivity contribution in [3.8, 4) is 0 Å². The topological polar surface area (TPSA) is 36.9 Å². The summed E-state index contributed by atoms with van der Waals surface area (Å²) < 4.78 is 22.3. The summed E-state index contributed by atoms with van der Waals surface area (Å²) in [4.78, 5) is 0. The van der Waals surface area contributed by atoms with Gasteiger partial charge >= 0.3 is 9.05 Å². The van der Waals surface area contributed by atoms with Gasteiger partial charge < -0.3 is 17.7 Å². The highest BCUT2D eigenvalue weighted by atomic mass is 35.5. The fourth-order valence-electron chi connectivity index (χ4n) is 2.30. The van der Waals surface area contributed by atoms with Gasteiger partial charge in [0.25, 0.3) is 0 Å². The molecule has 0 aliphatic heterocycles. The van der Waals surface area contributed by atoms with E-state index in [4.69, 9.17) is 29.3 Å². The van der Waals surface area contributed by atoms with Gasteiger partial charge in [0.05, 0.1) is 11.5 Å². The third kappa shape index (κ3) is 4.41. The zero-order chi connectivity index (χ0) is 16.7. The lowest BCUT2D eigenvalue weighted by atomic mass is 10.0. The minimum Gasteiger partial charge on any atom is -0.355 e. The van der Waals surface area contributed by atoms with E-state index in [-0.39, 0.29) is 0 Å². The average Bonchev–Trinajstić information content (AvgIpc) is 2.64. The molecule has 0 bridgehead atoms. The first-order chi connectivity index (χ1) is 11.2. The standard InChI is InChI=1S/C17H21ClO4Si/c1-19-23(20-2,21-3)22-17(15-12-8-5-9-13-15)16(18)14-10-6-4-7-11-14/h4-13,16-17H,1-3H3/t16-,17-/m0/s1. The number of halogens is 1. The molecule has 0 spiro atoms. The van der Waals surface area contributed by atoms with Crippen LogP contribution in [0, 0.1) is 0 Å². The normalized spacial score (nSPS) is 14.4. The fraction of sp³-hybridized carbons (Fsp3) is 0.294. The highest BCUT2D eigenvalue weighted by molar-refractivity contribution is 6.53. The smallest absolute Gasteiger partial charge is 0.355 e. The van der Waals surface area contributed by atoms with Crippen molar-refractivity contribution in [1.82, 2.24) is 0 Å². The molecule has 0 radical (unpaired) electrons. The Balaban J connectivity index is 2.36. The van der Waals surface area contributed by atoms with Gasteiger partial charge in [0.2, 0.25) is 0 Å². The van der Waals surface area contributed by atoms with Crippen molar-refractivity contribution >= 4 is 20.6 Å². The van der Waals surface area contributed by atoms with Crippen LogP contribution in [0.25, 0.3) is 0 Å². The van der Waals surface area contributed by atoms with E-state index >= 15 is 0 Å². The molecule has 4 nitrogen and oxygen atoms in total. The molecule has 2 aromatic carbocycles. The molecule has 0 saturated heterocycles. The van der Waals surface area contributed by atoms with Crippen molar-refractivity contribution in [2.75, 3.05) is 21.3 Å². The molecule has 6 heteroatoms. The average molecular weight is 353 g/mol. The Hall–Kier alpha value is -1.21. The lowest BCUT2D eigenvalue weighted by Gasteiger charge is -2.31. The van der Waals surface area contributed by atoms with Crippen LogP contribution in [-0.4, -0.2) is 30.4 Å². The first kappa shape index (κ1) is 18.1. The molecular weight excluding hydrogens is 332 g/mol. The van der Waals surface area contributed by atoms with E-state index in [1.165, 1.54) is 21.3 Å². The molecule has 0 aromatic heterocycles. The summed E-state index contributed by atoms with van der Waals surface area (Å²) in [5.74, 6) is 0. The van der Waals surface area contributed by atoms with Crippen molar-refractivity contribution in [2.45, 2.75) is 11.5 Å². The molecule has 2 rings (SSSR count). The molecule has 0 fully saturated rings. The van der Waals surface area contributed by atoms with Gasteiger partial charge in [-0.25, -0.2) is 0 Å².